The van der Waals surface area contributed by atoms with E-state index in [1.54, 1.807) is 16.4 Å². The molecule has 0 atom stereocenters. The number of aliphatic hydroxyl groups excluding tert-OH is 1. The van der Waals surface area contributed by atoms with Crippen LogP contribution >= 0.6 is 11.8 Å². The predicted molar refractivity (Wildman–Crippen MR) is 75.0 cm³/mol. The van der Waals surface area contributed by atoms with Crippen LogP contribution in [0.4, 0.5) is 0 Å². The number of aromatic nitrogens is 4. The molecule has 2 rings (SSSR count). The van der Waals surface area contributed by atoms with Gasteiger partial charge in [0, 0.05) is 5.75 Å². The molecule has 6 heteroatoms. The first-order valence-corrected chi connectivity index (χ1v) is 7.28. The standard InChI is InChI=1S/C13H18N4OS/c1-10(2)12-5-3-11(4-6-12)9-19-13-14-15-16-17(13)7-8-18/h3-6,10,18H,7-9H2,1-2H3. The van der Waals surface area contributed by atoms with Crippen molar-refractivity contribution in [3.63, 3.8) is 0 Å². The summed E-state index contributed by atoms with van der Waals surface area (Å²) in [5, 5.41) is 21.0. The maximum atomic E-state index is 8.90. The third-order valence-corrected chi connectivity index (χ3v) is 3.85. The van der Waals surface area contributed by atoms with Gasteiger partial charge in [0.15, 0.2) is 0 Å². The molecule has 0 radical (unpaired) electrons. The van der Waals surface area contributed by atoms with Crippen LogP contribution in [0.3, 0.4) is 0 Å². The largest absolute Gasteiger partial charge is 0.394 e. The minimum absolute atomic E-state index is 0.0433. The molecule has 1 aromatic heterocycles. The summed E-state index contributed by atoms with van der Waals surface area (Å²) >= 11 is 1.58. The Kier molecular flexibility index (Phi) is 4.93. The van der Waals surface area contributed by atoms with Crippen LogP contribution in [-0.2, 0) is 12.3 Å². The lowest BCUT2D eigenvalue weighted by Crippen LogP contribution is -2.05. The lowest BCUT2D eigenvalue weighted by atomic mass is 10.0. The Labute approximate surface area is 117 Å². The summed E-state index contributed by atoms with van der Waals surface area (Å²) in [4.78, 5) is 0. The second-order valence-electron chi connectivity index (χ2n) is 4.59. The fraction of sp³-hybridized carbons (Fsp3) is 0.462. The highest BCUT2D eigenvalue weighted by atomic mass is 32.2. The van der Waals surface area contributed by atoms with Crippen LogP contribution in [-0.4, -0.2) is 31.9 Å². The summed E-state index contributed by atoms with van der Waals surface area (Å²) in [6.45, 7) is 4.85. The smallest absolute Gasteiger partial charge is 0.209 e. The highest BCUT2D eigenvalue weighted by Gasteiger charge is 2.06. The maximum absolute atomic E-state index is 8.90. The summed E-state index contributed by atoms with van der Waals surface area (Å²) in [7, 11) is 0. The first-order chi connectivity index (χ1) is 9.20. The molecule has 1 N–H and O–H groups in total. The molecule has 19 heavy (non-hydrogen) atoms. The van der Waals surface area contributed by atoms with Crippen LogP contribution in [0, 0.1) is 0 Å². The van der Waals surface area contributed by atoms with E-state index in [-0.39, 0.29) is 6.61 Å². The number of tetrazole rings is 1. The van der Waals surface area contributed by atoms with Gasteiger partial charge in [-0.3, -0.25) is 0 Å². The molecule has 1 aromatic carbocycles. The summed E-state index contributed by atoms with van der Waals surface area (Å²) in [6, 6.07) is 8.61. The number of nitrogens with zero attached hydrogens (tertiary/aromatic N) is 4. The number of thioether (sulfide) groups is 1. The molecule has 0 saturated carbocycles. The first kappa shape index (κ1) is 14.0. The van der Waals surface area contributed by atoms with Gasteiger partial charge in [0.05, 0.1) is 13.2 Å². The van der Waals surface area contributed by atoms with Crippen LogP contribution in [0.25, 0.3) is 0 Å². The molecule has 0 aliphatic carbocycles. The van der Waals surface area contributed by atoms with Crippen LogP contribution in [0.15, 0.2) is 29.4 Å². The Morgan fingerprint density at radius 1 is 1.26 bits per heavy atom. The number of hydrogen-bond acceptors (Lipinski definition) is 5. The van der Waals surface area contributed by atoms with E-state index in [1.807, 2.05) is 0 Å². The fourth-order valence-electron chi connectivity index (χ4n) is 1.68. The number of hydrogen-bond donors (Lipinski definition) is 1. The SMILES string of the molecule is CC(C)c1ccc(CSc2nnnn2CCO)cc1. The molecule has 102 valence electrons. The highest BCUT2D eigenvalue weighted by molar-refractivity contribution is 7.98. The van der Waals surface area contributed by atoms with Crippen LogP contribution in [0.1, 0.15) is 30.9 Å². The molecule has 0 saturated heterocycles. The molecule has 5 nitrogen and oxygen atoms in total. The van der Waals surface area contributed by atoms with E-state index in [0.29, 0.717) is 12.5 Å². The van der Waals surface area contributed by atoms with Gasteiger partial charge in [-0.1, -0.05) is 49.9 Å². The van der Waals surface area contributed by atoms with E-state index in [0.717, 1.165) is 10.9 Å². The Morgan fingerprint density at radius 2 is 2.00 bits per heavy atom. The van der Waals surface area contributed by atoms with Gasteiger partial charge in [0.2, 0.25) is 5.16 Å². The average molecular weight is 278 g/mol. The van der Waals surface area contributed by atoms with Crippen molar-refractivity contribution in [1.82, 2.24) is 20.2 Å². The lowest BCUT2D eigenvalue weighted by Gasteiger charge is -2.06. The van der Waals surface area contributed by atoms with Crippen molar-refractivity contribution in [1.29, 1.82) is 0 Å². The van der Waals surface area contributed by atoms with Crippen molar-refractivity contribution in [3.05, 3.63) is 35.4 Å². The molecule has 0 amide bonds. The van der Waals surface area contributed by atoms with Gasteiger partial charge < -0.3 is 5.11 Å². The summed E-state index contributed by atoms with van der Waals surface area (Å²) in [5.41, 5.74) is 2.59. The van der Waals surface area contributed by atoms with Gasteiger partial charge in [-0.15, -0.1) is 5.10 Å². The fourth-order valence-corrected chi connectivity index (χ4v) is 2.54. The second kappa shape index (κ2) is 6.68. The Hall–Kier alpha value is -1.40. The number of benzene rings is 1. The predicted octanol–water partition coefficient (Wildman–Crippen LogP) is 2.08. The lowest BCUT2D eigenvalue weighted by molar-refractivity contribution is 0.262. The van der Waals surface area contributed by atoms with E-state index in [4.69, 9.17) is 5.11 Å². The summed E-state index contributed by atoms with van der Waals surface area (Å²) in [6.07, 6.45) is 0. The highest BCUT2D eigenvalue weighted by Crippen LogP contribution is 2.21. The van der Waals surface area contributed by atoms with Crippen molar-refractivity contribution in [3.8, 4) is 0 Å². The molecule has 0 aliphatic rings. The average Bonchev–Trinajstić information content (AvgIpc) is 2.85. The normalized spacial score (nSPS) is 11.2. The first-order valence-electron chi connectivity index (χ1n) is 6.29. The molecule has 2 aromatic rings. The van der Waals surface area contributed by atoms with E-state index >= 15 is 0 Å². The molecule has 0 spiro atoms. The Balaban J connectivity index is 1.96. The van der Waals surface area contributed by atoms with Crippen molar-refractivity contribution in [2.24, 2.45) is 0 Å². The quantitative estimate of drug-likeness (QED) is 0.820. The van der Waals surface area contributed by atoms with Crippen molar-refractivity contribution in [2.75, 3.05) is 6.61 Å². The number of rotatable bonds is 6. The van der Waals surface area contributed by atoms with E-state index in [1.165, 1.54) is 11.1 Å². The molecule has 0 bridgehead atoms. The zero-order valence-corrected chi connectivity index (χ0v) is 12.0. The molecule has 0 aliphatic heterocycles. The van der Waals surface area contributed by atoms with Crippen molar-refractivity contribution in [2.45, 2.75) is 37.2 Å². The van der Waals surface area contributed by atoms with Crippen molar-refractivity contribution >= 4 is 11.8 Å². The minimum atomic E-state index is 0.0433. The van der Waals surface area contributed by atoms with Gasteiger partial charge in [-0.2, -0.15) is 0 Å². The van der Waals surface area contributed by atoms with Crippen LogP contribution in [0.5, 0.6) is 0 Å². The number of aliphatic hydroxyl groups is 1. The third-order valence-electron chi connectivity index (χ3n) is 2.83. The van der Waals surface area contributed by atoms with Gasteiger partial charge in [-0.25, -0.2) is 4.68 Å². The topological polar surface area (TPSA) is 63.8 Å². The van der Waals surface area contributed by atoms with Crippen LogP contribution in [0.2, 0.25) is 0 Å². The summed E-state index contributed by atoms with van der Waals surface area (Å²) in [5.74, 6) is 1.38. The zero-order valence-electron chi connectivity index (χ0n) is 11.2. The maximum Gasteiger partial charge on any atom is 0.209 e. The van der Waals surface area contributed by atoms with E-state index in [2.05, 4.69) is 53.6 Å². The van der Waals surface area contributed by atoms with E-state index in [9.17, 15) is 0 Å². The summed E-state index contributed by atoms with van der Waals surface area (Å²) < 4.78 is 1.62. The minimum Gasteiger partial charge on any atom is -0.394 e. The zero-order chi connectivity index (χ0) is 13.7. The van der Waals surface area contributed by atoms with Gasteiger partial charge in [-0.05, 0) is 27.5 Å². The molecule has 0 unspecified atom stereocenters. The van der Waals surface area contributed by atoms with Gasteiger partial charge >= 0.3 is 0 Å². The molecular weight excluding hydrogens is 260 g/mol. The van der Waals surface area contributed by atoms with Gasteiger partial charge in [0.1, 0.15) is 0 Å². The monoisotopic (exact) mass is 278 g/mol. The molecular formula is C13H18N4OS. The van der Waals surface area contributed by atoms with E-state index < -0.39 is 0 Å². The second-order valence-corrected chi connectivity index (χ2v) is 5.54. The van der Waals surface area contributed by atoms with Crippen molar-refractivity contribution < 1.29 is 5.11 Å². The Morgan fingerprint density at radius 3 is 2.63 bits per heavy atom. The molecule has 1 heterocycles. The molecule has 0 fully saturated rings. The Bertz CT molecular complexity index is 510. The van der Waals surface area contributed by atoms with Crippen LogP contribution < -0.4 is 0 Å². The van der Waals surface area contributed by atoms with Gasteiger partial charge in [0.25, 0.3) is 0 Å². The third kappa shape index (κ3) is 3.78.